The summed E-state index contributed by atoms with van der Waals surface area (Å²) in [5.41, 5.74) is 4.79. The van der Waals surface area contributed by atoms with E-state index in [4.69, 9.17) is 9.47 Å². The fourth-order valence-corrected chi connectivity index (χ4v) is 2.33. The lowest BCUT2D eigenvalue weighted by Crippen LogP contribution is -1.97. The first-order valence-corrected chi connectivity index (χ1v) is 8.16. The Balaban J connectivity index is 1.51. The van der Waals surface area contributed by atoms with Crippen LogP contribution in [0.3, 0.4) is 0 Å². The zero-order chi connectivity index (χ0) is 16.8. The summed E-state index contributed by atoms with van der Waals surface area (Å²) < 4.78 is 11.6. The van der Waals surface area contributed by atoms with Gasteiger partial charge in [-0.2, -0.15) is 0 Å². The van der Waals surface area contributed by atoms with E-state index < -0.39 is 0 Å². The molecule has 0 saturated heterocycles. The minimum absolute atomic E-state index is 0.557. The fourth-order valence-electron chi connectivity index (χ4n) is 2.33. The van der Waals surface area contributed by atoms with Crippen LogP contribution in [0, 0.1) is 13.8 Å². The van der Waals surface area contributed by atoms with Gasteiger partial charge in [-0.3, -0.25) is 0 Å². The van der Waals surface area contributed by atoms with E-state index in [0.29, 0.717) is 13.2 Å². The molecule has 0 unspecified atom stereocenters. The lowest BCUT2D eigenvalue weighted by Gasteiger charge is -2.09. The molecule has 0 aliphatic rings. The van der Waals surface area contributed by atoms with E-state index in [0.717, 1.165) is 17.1 Å². The highest BCUT2D eigenvalue weighted by atomic mass is 16.5. The van der Waals surface area contributed by atoms with E-state index in [1.807, 2.05) is 36.4 Å². The Morgan fingerprint density at radius 3 is 1.29 bits per heavy atom. The predicted molar refractivity (Wildman–Crippen MR) is 97.5 cm³/mol. The van der Waals surface area contributed by atoms with Crippen LogP contribution in [0.1, 0.15) is 22.3 Å². The van der Waals surface area contributed by atoms with Crippen molar-refractivity contribution in [3.05, 3.63) is 95.1 Å². The number of hydrogen-bond donors (Lipinski definition) is 0. The van der Waals surface area contributed by atoms with Crippen molar-refractivity contribution in [2.45, 2.75) is 27.1 Å². The van der Waals surface area contributed by atoms with Gasteiger partial charge in [-0.15, -0.1) is 0 Å². The fraction of sp³-hybridized carbons (Fsp3) is 0.182. The van der Waals surface area contributed by atoms with Crippen LogP contribution in [0.25, 0.3) is 0 Å². The third-order valence-corrected chi connectivity index (χ3v) is 3.88. The van der Waals surface area contributed by atoms with Gasteiger partial charge in [-0.25, -0.2) is 0 Å². The topological polar surface area (TPSA) is 18.5 Å². The summed E-state index contributed by atoms with van der Waals surface area (Å²) in [7, 11) is 0. The first-order chi connectivity index (χ1) is 11.7. The summed E-state index contributed by atoms with van der Waals surface area (Å²) in [5.74, 6) is 1.76. The summed E-state index contributed by atoms with van der Waals surface area (Å²) >= 11 is 0. The van der Waals surface area contributed by atoms with Gasteiger partial charge in [0.2, 0.25) is 0 Å². The SMILES string of the molecule is Cc1ccc(COc2ccc(COc3ccc(C)cc3)cc2)cc1. The number of ether oxygens (including phenoxy) is 2. The molecular weight excluding hydrogens is 296 g/mol. The zero-order valence-electron chi connectivity index (χ0n) is 14.2. The molecule has 0 amide bonds. The molecule has 0 fully saturated rings. The van der Waals surface area contributed by atoms with Gasteiger partial charge in [0.15, 0.2) is 0 Å². The minimum Gasteiger partial charge on any atom is -0.489 e. The molecule has 0 heterocycles. The average Bonchev–Trinajstić information content (AvgIpc) is 2.62. The number of hydrogen-bond acceptors (Lipinski definition) is 2. The maximum Gasteiger partial charge on any atom is 0.119 e. The Kier molecular flexibility index (Phi) is 5.17. The van der Waals surface area contributed by atoms with Crippen LogP contribution in [-0.4, -0.2) is 0 Å². The second-order valence-corrected chi connectivity index (χ2v) is 6.02. The van der Waals surface area contributed by atoms with Crippen molar-refractivity contribution in [3.8, 4) is 11.5 Å². The molecule has 0 spiro atoms. The molecule has 0 N–H and O–H groups in total. The lowest BCUT2D eigenvalue weighted by molar-refractivity contribution is 0.301. The Labute approximate surface area is 143 Å². The molecule has 24 heavy (non-hydrogen) atoms. The quantitative estimate of drug-likeness (QED) is 0.600. The van der Waals surface area contributed by atoms with Crippen molar-refractivity contribution in [2.75, 3.05) is 0 Å². The van der Waals surface area contributed by atoms with E-state index in [9.17, 15) is 0 Å². The van der Waals surface area contributed by atoms with Crippen LogP contribution in [0.5, 0.6) is 11.5 Å². The molecule has 3 rings (SSSR count). The van der Waals surface area contributed by atoms with E-state index in [-0.39, 0.29) is 0 Å². The van der Waals surface area contributed by atoms with Crippen LogP contribution < -0.4 is 9.47 Å². The Bertz CT molecular complexity index is 688. The van der Waals surface area contributed by atoms with Gasteiger partial charge in [0.1, 0.15) is 24.7 Å². The lowest BCUT2D eigenvalue weighted by atomic mass is 10.2. The highest BCUT2D eigenvalue weighted by molar-refractivity contribution is 5.29. The molecule has 3 aromatic rings. The van der Waals surface area contributed by atoms with Gasteiger partial charge in [-0.1, -0.05) is 59.7 Å². The van der Waals surface area contributed by atoms with Gasteiger partial charge in [0, 0.05) is 0 Å². The van der Waals surface area contributed by atoms with Crippen LogP contribution in [-0.2, 0) is 13.2 Å². The Morgan fingerprint density at radius 1 is 0.500 bits per heavy atom. The molecule has 0 aliphatic carbocycles. The normalized spacial score (nSPS) is 10.4. The second kappa shape index (κ2) is 7.69. The van der Waals surface area contributed by atoms with Gasteiger partial charge in [0.05, 0.1) is 0 Å². The molecule has 0 atom stereocenters. The molecule has 3 aromatic carbocycles. The first kappa shape index (κ1) is 16.1. The predicted octanol–water partition coefficient (Wildman–Crippen LogP) is 5.46. The second-order valence-electron chi connectivity index (χ2n) is 6.02. The molecule has 0 bridgehead atoms. The standard InChI is InChI=1S/C22H22O2/c1-17-3-7-19(8-4-17)15-24-22-13-9-20(10-14-22)16-23-21-11-5-18(2)6-12-21/h3-14H,15-16H2,1-2H3. The maximum atomic E-state index is 5.82. The van der Waals surface area contributed by atoms with Crippen molar-refractivity contribution in [1.29, 1.82) is 0 Å². The van der Waals surface area contributed by atoms with Crippen molar-refractivity contribution in [1.82, 2.24) is 0 Å². The number of aryl methyl sites for hydroxylation is 2. The summed E-state index contributed by atoms with van der Waals surface area (Å²) in [4.78, 5) is 0. The zero-order valence-corrected chi connectivity index (χ0v) is 14.2. The molecule has 2 nitrogen and oxygen atoms in total. The molecule has 2 heteroatoms. The van der Waals surface area contributed by atoms with Crippen LogP contribution in [0.2, 0.25) is 0 Å². The molecule has 0 saturated carbocycles. The summed E-state index contributed by atoms with van der Waals surface area (Å²) in [5, 5.41) is 0. The van der Waals surface area contributed by atoms with Crippen LogP contribution >= 0.6 is 0 Å². The van der Waals surface area contributed by atoms with Crippen molar-refractivity contribution >= 4 is 0 Å². The molecule has 122 valence electrons. The van der Waals surface area contributed by atoms with Gasteiger partial charge < -0.3 is 9.47 Å². The van der Waals surface area contributed by atoms with E-state index in [1.165, 1.54) is 16.7 Å². The summed E-state index contributed by atoms with van der Waals surface area (Å²) in [6.07, 6.45) is 0. The van der Waals surface area contributed by atoms with Crippen molar-refractivity contribution in [2.24, 2.45) is 0 Å². The minimum atomic E-state index is 0.557. The number of benzene rings is 3. The molecular formula is C22H22O2. The van der Waals surface area contributed by atoms with Crippen LogP contribution in [0.15, 0.2) is 72.8 Å². The third-order valence-electron chi connectivity index (χ3n) is 3.88. The molecule has 0 radical (unpaired) electrons. The van der Waals surface area contributed by atoms with Crippen molar-refractivity contribution < 1.29 is 9.47 Å². The molecule has 0 aromatic heterocycles. The Morgan fingerprint density at radius 2 is 0.833 bits per heavy atom. The largest absolute Gasteiger partial charge is 0.489 e. The number of rotatable bonds is 6. The summed E-state index contributed by atoms with van der Waals surface area (Å²) in [6, 6.07) is 24.5. The smallest absolute Gasteiger partial charge is 0.119 e. The van der Waals surface area contributed by atoms with E-state index >= 15 is 0 Å². The third kappa shape index (κ3) is 4.63. The van der Waals surface area contributed by atoms with E-state index in [1.54, 1.807) is 0 Å². The van der Waals surface area contributed by atoms with E-state index in [2.05, 4.69) is 50.2 Å². The first-order valence-electron chi connectivity index (χ1n) is 8.16. The maximum absolute atomic E-state index is 5.82. The van der Waals surface area contributed by atoms with Crippen molar-refractivity contribution in [3.63, 3.8) is 0 Å². The summed E-state index contributed by atoms with van der Waals surface area (Å²) in [6.45, 7) is 5.29. The highest BCUT2D eigenvalue weighted by Gasteiger charge is 1.99. The molecule has 0 aliphatic heterocycles. The monoisotopic (exact) mass is 318 g/mol. The van der Waals surface area contributed by atoms with Gasteiger partial charge >= 0.3 is 0 Å². The highest BCUT2D eigenvalue weighted by Crippen LogP contribution is 2.17. The van der Waals surface area contributed by atoms with Gasteiger partial charge in [-0.05, 0) is 49.2 Å². The van der Waals surface area contributed by atoms with Crippen LogP contribution in [0.4, 0.5) is 0 Å². The average molecular weight is 318 g/mol. The van der Waals surface area contributed by atoms with Gasteiger partial charge in [0.25, 0.3) is 0 Å². The Hall–Kier alpha value is -2.74.